The lowest BCUT2D eigenvalue weighted by Gasteiger charge is -2.09. The van der Waals surface area contributed by atoms with Crippen molar-refractivity contribution in [3.05, 3.63) is 70.2 Å². The van der Waals surface area contributed by atoms with Crippen LogP contribution in [-0.2, 0) is 9.53 Å². The number of hydrogen-bond donors (Lipinski definition) is 1. The van der Waals surface area contributed by atoms with Crippen LogP contribution in [0, 0.1) is 24.4 Å². The number of carbonyl (C=O) groups excluding carboxylic acids is 2. The Bertz CT molecular complexity index is 1060. The number of nitrogens with zero attached hydrogens (tertiary/aromatic N) is 1. The number of anilines is 1. The lowest BCUT2D eigenvalue weighted by Crippen LogP contribution is -2.22. The van der Waals surface area contributed by atoms with Crippen molar-refractivity contribution in [1.29, 1.82) is 0 Å². The fraction of sp³-hybridized carbons (Fsp3) is 0.105. The summed E-state index contributed by atoms with van der Waals surface area (Å²) in [5.41, 5.74) is -1.28. The number of esters is 1. The standard InChI is InChI=1S/C19H12ClF3N2O4/c1-9-15(18(25-29-9)16-10(20)4-2-5-11(16)21)19(27)28-8-14(26)24-17-12(22)6-3-7-13(17)23/h2-7H,8H2,1H3,(H,24,26). The zero-order valence-electron chi connectivity index (χ0n) is 14.8. The summed E-state index contributed by atoms with van der Waals surface area (Å²) in [5.74, 6) is -4.76. The Morgan fingerprint density at radius 3 is 2.38 bits per heavy atom. The van der Waals surface area contributed by atoms with Gasteiger partial charge in [-0.05, 0) is 31.2 Å². The van der Waals surface area contributed by atoms with Gasteiger partial charge in [0, 0.05) is 0 Å². The van der Waals surface area contributed by atoms with Gasteiger partial charge in [0.2, 0.25) is 0 Å². The predicted octanol–water partition coefficient (Wildman–Crippen LogP) is 4.52. The molecule has 0 spiro atoms. The van der Waals surface area contributed by atoms with Gasteiger partial charge in [0.1, 0.15) is 40.2 Å². The summed E-state index contributed by atoms with van der Waals surface area (Å²) < 4.78 is 51.1. The quantitative estimate of drug-likeness (QED) is 0.609. The van der Waals surface area contributed by atoms with Crippen molar-refractivity contribution in [2.75, 3.05) is 11.9 Å². The maximum atomic E-state index is 14.2. The lowest BCUT2D eigenvalue weighted by molar-refractivity contribution is -0.119. The largest absolute Gasteiger partial charge is 0.452 e. The molecule has 0 unspecified atom stereocenters. The third-order valence-corrected chi connectivity index (χ3v) is 4.14. The van der Waals surface area contributed by atoms with E-state index in [4.69, 9.17) is 20.9 Å². The molecule has 10 heteroatoms. The predicted molar refractivity (Wildman–Crippen MR) is 96.9 cm³/mol. The number of benzene rings is 2. The molecule has 0 aliphatic carbocycles. The zero-order chi connectivity index (χ0) is 21.1. The van der Waals surface area contributed by atoms with E-state index in [-0.39, 0.29) is 27.6 Å². The maximum absolute atomic E-state index is 14.2. The van der Waals surface area contributed by atoms with Crippen LogP contribution in [0.1, 0.15) is 16.1 Å². The van der Waals surface area contributed by atoms with E-state index < -0.39 is 41.6 Å². The molecule has 0 aliphatic heterocycles. The summed E-state index contributed by atoms with van der Waals surface area (Å²) in [6.45, 7) is 0.526. The first-order valence-electron chi connectivity index (χ1n) is 8.11. The Balaban J connectivity index is 1.77. The summed E-state index contributed by atoms with van der Waals surface area (Å²) in [5, 5.41) is 5.60. The van der Waals surface area contributed by atoms with E-state index in [1.165, 1.54) is 19.1 Å². The molecule has 0 aliphatic rings. The van der Waals surface area contributed by atoms with Crippen molar-refractivity contribution < 1.29 is 32.0 Å². The molecule has 0 fully saturated rings. The number of para-hydroxylation sites is 1. The van der Waals surface area contributed by atoms with Gasteiger partial charge in [-0.25, -0.2) is 18.0 Å². The second-order valence-electron chi connectivity index (χ2n) is 5.78. The number of halogens is 4. The minimum atomic E-state index is -1.05. The average Bonchev–Trinajstić information content (AvgIpc) is 3.04. The molecule has 29 heavy (non-hydrogen) atoms. The van der Waals surface area contributed by atoms with Crippen LogP contribution in [-0.4, -0.2) is 23.6 Å². The van der Waals surface area contributed by atoms with Crippen LogP contribution in [0.3, 0.4) is 0 Å². The summed E-state index contributed by atoms with van der Waals surface area (Å²) in [4.78, 5) is 24.3. The SMILES string of the molecule is Cc1onc(-c2c(F)cccc2Cl)c1C(=O)OCC(=O)Nc1c(F)cccc1F. The highest BCUT2D eigenvalue weighted by atomic mass is 35.5. The molecule has 0 atom stereocenters. The van der Waals surface area contributed by atoms with Gasteiger partial charge >= 0.3 is 5.97 Å². The zero-order valence-corrected chi connectivity index (χ0v) is 15.5. The van der Waals surface area contributed by atoms with Gasteiger partial charge in [-0.1, -0.05) is 28.9 Å². The topological polar surface area (TPSA) is 81.4 Å². The molecule has 1 N–H and O–H groups in total. The van der Waals surface area contributed by atoms with E-state index in [0.29, 0.717) is 0 Å². The summed E-state index contributed by atoms with van der Waals surface area (Å²) in [6.07, 6.45) is 0. The van der Waals surface area contributed by atoms with Crippen LogP contribution in [0.25, 0.3) is 11.3 Å². The molecule has 2 aromatic carbocycles. The molecule has 1 heterocycles. The van der Waals surface area contributed by atoms with Crippen molar-refractivity contribution in [1.82, 2.24) is 5.16 Å². The second kappa shape index (κ2) is 8.36. The van der Waals surface area contributed by atoms with E-state index in [2.05, 4.69) is 5.16 Å². The van der Waals surface area contributed by atoms with Gasteiger partial charge in [0.15, 0.2) is 6.61 Å². The van der Waals surface area contributed by atoms with Gasteiger partial charge in [-0.15, -0.1) is 0 Å². The van der Waals surface area contributed by atoms with E-state index in [1.54, 1.807) is 0 Å². The molecular formula is C19H12ClF3N2O4. The number of hydrogen-bond acceptors (Lipinski definition) is 5. The molecular weight excluding hydrogens is 413 g/mol. The number of aryl methyl sites for hydroxylation is 1. The molecule has 0 bridgehead atoms. The molecule has 1 amide bonds. The van der Waals surface area contributed by atoms with Crippen LogP contribution < -0.4 is 5.32 Å². The van der Waals surface area contributed by atoms with Crippen LogP contribution >= 0.6 is 11.6 Å². The number of amides is 1. The Labute approximate surface area is 167 Å². The third-order valence-electron chi connectivity index (χ3n) is 3.83. The Morgan fingerprint density at radius 2 is 1.72 bits per heavy atom. The second-order valence-corrected chi connectivity index (χ2v) is 6.19. The van der Waals surface area contributed by atoms with E-state index in [1.807, 2.05) is 5.32 Å². The fourth-order valence-electron chi connectivity index (χ4n) is 2.50. The average molecular weight is 425 g/mol. The number of ether oxygens (including phenoxy) is 1. The highest BCUT2D eigenvalue weighted by molar-refractivity contribution is 6.33. The first-order chi connectivity index (χ1) is 13.8. The summed E-state index contributed by atoms with van der Waals surface area (Å²) in [6, 6.07) is 6.93. The fourth-order valence-corrected chi connectivity index (χ4v) is 2.76. The van der Waals surface area contributed by atoms with Crippen LogP contribution in [0.15, 0.2) is 40.9 Å². The third kappa shape index (κ3) is 4.24. The van der Waals surface area contributed by atoms with E-state index in [9.17, 15) is 22.8 Å². The molecule has 150 valence electrons. The van der Waals surface area contributed by atoms with Crippen LogP contribution in [0.2, 0.25) is 5.02 Å². The van der Waals surface area contributed by atoms with Gasteiger partial charge in [-0.2, -0.15) is 0 Å². The number of aromatic nitrogens is 1. The molecule has 0 radical (unpaired) electrons. The van der Waals surface area contributed by atoms with Gasteiger partial charge in [-0.3, -0.25) is 4.79 Å². The highest BCUT2D eigenvalue weighted by Crippen LogP contribution is 2.33. The first kappa shape index (κ1) is 20.4. The first-order valence-corrected chi connectivity index (χ1v) is 8.49. The van der Waals surface area contributed by atoms with Gasteiger partial charge in [0.25, 0.3) is 5.91 Å². The van der Waals surface area contributed by atoms with Crippen molar-refractivity contribution in [3.8, 4) is 11.3 Å². The van der Waals surface area contributed by atoms with Gasteiger partial charge in [0.05, 0.1) is 10.6 Å². The number of rotatable bonds is 5. The Kier molecular flexibility index (Phi) is 5.88. The molecule has 0 saturated carbocycles. The van der Waals surface area contributed by atoms with Crippen molar-refractivity contribution in [2.45, 2.75) is 6.92 Å². The van der Waals surface area contributed by atoms with E-state index in [0.717, 1.165) is 24.3 Å². The van der Waals surface area contributed by atoms with Crippen molar-refractivity contribution >= 4 is 29.2 Å². The summed E-state index contributed by atoms with van der Waals surface area (Å²) >= 11 is 5.99. The van der Waals surface area contributed by atoms with Crippen LogP contribution in [0.5, 0.6) is 0 Å². The monoisotopic (exact) mass is 424 g/mol. The normalized spacial score (nSPS) is 10.7. The minimum absolute atomic E-state index is 0.00451. The Morgan fingerprint density at radius 1 is 1.10 bits per heavy atom. The van der Waals surface area contributed by atoms with Crippen LogP contribution in [0.4, 0.5) is 18.9 Å². The molecule has 3 aromatic rings. The lowest BCUT2D eigenvalue weighted by atomic mass is 10.1. The smallest absolute Gasteiger partial charge is 0.344 e. The van der Waals surface area contributed by atoms with E-state index >= 15 is 0 Å². The van der Waals surface area contributed by atoms with Gasteiger partial charge < -0.3 is 14.6 Å². The van der Waals surface area contributed by atoms with Crippen molar-refractivity contribution in [3.63, 3.8) is 0 Å². The van der Waals surface area contributed by atoms with Crippen molar-refractivity contribution in [2.24, 2.45) is 0 Å². The molecule has 1 aromatic heterocycles. The highest BCUT2D eigenvalue weighted by Gasteiger charge is 2.27. The maximum Gasteiger partial charge on any atom is 0.344 e. The molecule has 0 saturated heterocycles. The number of carbonyl (C=O) groups is 2. The molecule has 6 nitrogen and oxygen atoms in total. The Hall–Kier alpha value is -3.33. The number of nitrogens with one attached hydrogen (secondary N) is 1. The molecule has 3 rings (SSSR count). The minimum Gasteiger partial charge on any atom is -0.452 e. The summed E-state index contributed by atoms with van der Waals surface area (Å²) in [7, 11) is 0.